The SMILES string of the molecule is CC(=O)c1c(C)c2cnc(Nc3cc4ccn(CC5CCCN5)c4cn3)nc2n(C2CCCC2)c1=O. The first-order chi connectivity index (χ1) is 17.5. The Balaban J connectivity index is 1.36. The van der Waals surface area contributed by atoms with E-state index in [1.807, 2.05) is 12.3 Å². The van der Waals surface area contributed by atoms with Gasteiger partial charge in [0.15, 0.2) is 5.78 Å². The number of Topliss-reactive ketones (excluding diaryl/α,β-unsaturated/α-hetero) is 1. The zero-order valence-corrected chi connectivity index (χ0v) is 20.8. The third-order valence-electron chi connectivity index (χ3n) is 7.73. The van der Waals surface area contributed by atoms with E-state index in [0.29, 0.717) is 29.0 Å². The van der Waals surface area contributed by atoms with Crippen molar-refractivity contribution in [2.24, 2.45) is 0 Å². The van der Waals surface area contributed by atoms with Crippen LogP contribution in [-0.4, -0.2) is 42.5 Å². The smallest absolute Gasteiger partial charge is 0.263 e. The van der Waals surface area contributed by atoms with Gasteiger partial charge in [-0.1, -0.05) is 12.8 Å². The first-order valence-electron chi connectivity index (χ1n) is 12.9. The minimum absolute atomic E-state index is 0.0463. The topological polar surface area (TPSA) is 107 Å². The maximum absolute atomic E-state index is 13.4. The standard InChI is InChI=1S/C27H31N7O2/c1-16-21-13-30-27(32-25(21)34(20-7-3-4-8-20)26(36)24(16)17(2)35)31-23-12-18-9-11-33(22(18)14-29-23)15-19-6-5-10-28-19/h9,11-14,19-20,28H,3-8,10,15H2,1-2H3,(H,29,30,31,32). The summed E-state index contributed by atoms with van der Waals surface area (Å²) in [5.74, 6) is 0.803. The average molecular weight is 486 g/mol. The van der Waals surface area contributed by atoms with Crippen molar-refractivity contribution in [3.8, 4) is 0 Å². The Hall–Kier alpha value is -3.59. The maximum atomic E-state index is 13.4. The van der Waals surface area contributed by atoms with Gasteiger partial charge < -0.3 is 15.2 Å². The molecule has 4 aromatic heterocycles. The molecule has 9 heteroatoms. The molecule has 0 radical (unpaired) electrons. The van der Waals surface area contributed by atoms with E-state index in [2.05, 4.69) is 37.4 Å². The number of hydrogen-bond donors (Lipinski definition) is 2. The van der Waals surface area contributed by atoms with E-state index in [1.165, 1.54) is 19.8 Å². The summed E-state index contributed by atoms with van der Waals surface area (Å²) in [7, 11) is 0. The first-order valence-corrected chi connectivity index (χ1v) is 12.9. The number of pyridine rings is 2. The highest BCUT2D eigenvalue weighted by Gasteiger charge is 2.26. The molecule has 2 N–H and O–H groups in total. The zero-order chi connectivity index (χ0) is 24.8. The molecule has 0 spiro atoms. The van der Waals surface area contributed by atoms with E-state index in [-0.39, 0.29) is 22.9 Å². The van der Waals surface area contributed by atoms with E-state index in [0.717, 1.165) is 55.1 Å². The molecule has 2 fully saturated rings. The number of carbonyl (C=O) groups excluding carboxylic acids is 1. The minimum atomic E-state index is -0.248. The van der Waals surface area contributed by atoms with E-state index in [9.17, 15) is 9.59 Å². The highest BCUT2D eigenvalue weighted by atomic mass is 16.1. The lowest BCUT2D eigenvalue weighted by atomic mass is 10.0. The molecule has 1 aliphatic heterocycles. The summed E-state index contributed by atoms with van der Waals surface area (Å²) in [6.07, 6.45) is 12.1. The van der Waals surface area contributed by atoms with Crippen molar-refractivity contribution in [3.63, 3.8) is 0 Å². The van der Waals surface area contributed by atoms with Gasteiger partial charge in [-0.25, -0.2) is 9.97 Å². The van der Waals surface area contributed by atoms with Gasteiger partial charge in [0.1, 0.15) is 11.5 Å². The lowest BCUT2D eigenvalue weighted by molar-refractivity contribution is 0.101. The van der Waals surface area contributed by atoms with Crippen molar-refractivity contribution in [3.05, 3.63) is 52.2 Å². The van der Waals surface area contributed by atoms with Crippen LogP contribution in [0.1, 0.15) is 67.4 Å². The van der Waals surface area contributed by atoms with E-state index in [1.54, 1.807) is 17.7 Å². The van der Waals surface area contributed by atoms with Gasteiger partial charge in [-0.3, -0.25) is 14.2 Å². The van der Waals surface area contributed by atoms with Crippen LogP contribution in [0, 0.1) is 6.92 Å². The van der Waals surface area contributed by atoms with Gasteiger partial charge in [-0.05, 0) is 63.8 Å². The summed E-state index contributed by atoms with van der Waals surface area (Å²) in [6.45, 7) is 5.28. The lowest BCUT2D eigenvalue weighted by Crippen LogP contribution is -2.30. The predicted octanol–water partition coefficient (Wildman–Crippen LogP) is 4.26. The van der Waals surface area contributed by atoms with Crippen molar-refractivity contribution < 1.29 is 4.79 Å². The Kier molecular flexibility index (Phi) is 5.79. The third-order valence-corrected chi connectivity index (χ3v) is 7.73. The second-order valence-corrected chi connectivity index (χ2v) is 10.1. The van der Waals surface area contributed by atoms with Crippen molar-refractivity contribution in [1.82, 2.24) is 29.4 Å². The number of anilines is 2. The Bertz CT molecular complexity index is 1520. The molecule has 1 unspecified atom stereocenters. The number of ketones is 1. The van der Waals surface area contributed by atoms with Gasteiger partial charge in [-0.15, -0.1) is 0 Å². The number of fused-ring (bicyclic) bond motifs is 2. The second-order valence-electron chi connectivity index (χ2n) is 10.1. The van der Waals surface area contributed by atoms with Crippen LogP contribution in [0.25, 0.3) is 21.9 Å². The van der Waals surface area contributed by atoms with Crippen molar-refractivity contribution in [1.29, 1.82) is 0 Å². The molecule has 9 nitrogen and oxygen atoms in total. The lowest BCUT2D eigenvalue weighted by Gasteiger charge is -2.19. The van der Waals surface area contributed by atoms with Crippen molar-refractivity contribution >= 4 is 39.5 Å². The normalized spacial score (nSPS) is 18.4. The van der Waals surface area contributed by atoms with E-state index >= 15 is 0 Å². The van der Waals surface area contributed by atoms with Crippen LogP contribution >= 0.6 is 0 Å². The zero-order valence-electron chi connectivity index (χ0n) is 20.8. The molecular weight excluding hydrogens is 454 g/mol. The summed E-state index contributed by atoms with van der Waals surface area (Å²) in [5.41, 5.74) is 2.30. The molecule has 1 aliphatic carbocycles. The second kappa shape index (κ2) is 9.13. The highest BCUT2D eigenvalue weighted by Crippen LogP contribution is 2.32. The number of hydrogen-bond acceptors (Lipinski definition) is 7. The fraction of sp³-hybridized carbons (Fsp3) is 0.444. The highest BCUT2D eigenvalue weighted by molar-refractivity contribution is 5.99. The molecule has 36 heavy (non-hydrogen) atoms. The Morgan fingerprint density at radius 3 is 2.75 bits per heavy atom. The van der Waals surface area contributed by atoms with Crippen LogP contribution in [0.2, 0.25) is 0 Å². The van der Waals surface area contributed by atoms with Crippen LogP contribution in [-0.2, 0) is 6.54 Å². The predicted molar refractivity (Wildman–Crippen MR) is 140 cm³/mol. The number of aromatic nitrogens is 5. The molecule has 0 bridgehead atoms. The fourth-order valence-electron chi connectivity index (χ4n) is 5.89. The molecule has 5 heterocycles. The van der Waals surface area contributed by atoms with E-state index in [4.69, 9.17) is 4.98 Å². The van der Waals surface area contributed by atoms with Gasteiger partial charge in [0.25, 0.3) is 5.56 Å². The fourth-order valence-corrected chi connectivity index (χ4v) is 5.89. The van der Waals surface area contributed by atoms with Crippen LogP contribution in [0.5, 0.6) is 0 Å². The van der Waals surface area contributed by atoms with Crippen LogP contribution in [0.3, 0.4) is 0 Å². The van der Waals surface area contributed by atoms with Crippen molar-refractivity contribution in [2.75, 3.05) is 11.9 Å². The quantitative estimate of drug-likeness (QED) is 0.393. The minimum Gasteiger partial charge on any atom is -0.345 e. The van der Waals surface area contributed by atoms with Crippen LogP contribution in [0.4, 0.5) is 11.8 Å². The molecular formula is C27H31N7O2. The number of nitrogens with one attached hydrogen (secondary N) is 2. The molecule has 0 aromatic carbocycles. The number of rotatable bonds is 6. The summed E-state index contributed by atoms with van der Waals surface area (Å²) in [5, 5.41) is 8.60. The summed E-state index contributed by atoms with van der Waals surface area (Å²) >= 11 is 0. The molecule has 1 saturated carbocycles. The van der Waals surface area contributed by atoms with Crippen LogP contribution in [0.15, 0.2) is 35.5 Å². The Morgan fingerprint density at radius 2 is 2.00 bits per heavy atom. The number of aryl methyl sites for hydroxylation is 1. The largest absolute Gasteiger partial charge is 0.345 e. The monoisotopic (exact) mass is 485 g/mol. The number of nitrogens with zero attached hydrogens (tertiary/aromatic N) is 5. The van der Waals surface area contributed by atoms with Gasteiger partial charge in [0.05, 0.1) is 17.3 Å². The molecule has 186 valence electrons. The summed E-state index contributed by atoms with van der Waals surface area (Å²) < 4.78 is 3.98. The number of carbonyl (C=O) groups is 1. The van der Waals surface area contributed by atoms with Crippen LogP contribution < -0.4 is 16.2 Å². The molecule has 2 aliphatic rings. The molecule has 4 aromatic rings. The molecule has 6 rings (SSSR count). The van der Waals surface area contributed by atoms with Gasteiger partial charge in [-0.2, -0.15) is 4.98 Å². The van der Waals surface area contributed by atoms with Gasteiger partial charge >= 0.3 is 0 Å². The first kappa shape index (κ1) is 22.8. The summed E-state index contributed by atoms with van der Waals surface area (Å²) in [4.78, 5) is 39.6. The van der Waals surface area contributed by atoms with E-state index < -0.39 is 0 Å². The molecule has 0 amide bonds. The summed E-state index contributed by atoms with van der Waals surface area (Å²) in [6, 6.07) is 4.65. The van der Waals surface area contributed by atoms with Crippen molar-refractivity contribution in [2.45, 2.75) is 71.0 Å². The maximum Gasteiger partial charge on any atom is 0.263 e. The van der Waals surface area contributed by atoms with Gasteiger partial charge in [0.2, 0.25) is 5.95 Å². The third kappa shape index (κ3) is 3.97. The molecule has 1 atom stereocenters. The Morgan fingerprint density at radius 1 is 1.17 bits per heavy atom. The Labute approximate surface area is 209 Å². The average Bonchev–Trinajstić information content (AvgIpc) is 3.62. The van der Waals surface area contributed by atoms with Gasteiger partial charge in [0, 0.05) is 41.8 Å². The molecule has 1 saturated heterocycles.